The van der Waals surface area contributed by atoms with Crippen molar-refractivity contribution < 1.29 is 9.13 Å². The van der Waals surface area contributed by atoms with Crippen molar-refractivity contribution in [1.29, 1.82) is 0 Å². The molecule has 1 aromatic carbocycles. The average molecular weight is 295 g/mol. The molecule has 0 aliphatic carbocycles. The lowest BCUT2D eigenvalue weighted by molar-refractivity contribution is -0.0355. The highest BCUT2D eigenvalue weighted by atomic mass is 19.1. The van der Waals surface area contributed by atoms with Crippen molar-refractivity contribution in [2.24, 2.45) is 5.41 Å². The molecule has 0 bridgehead atoms. The zero-order valence-electron chi connectivity index (χ0n) is 14.1. The predicted octanol–water partition coefficient (Wildman–Crippen LogP) is 4.19. The largest absolute Gasteiger partial charge is 0.376 e. The Morgan fingerprint density at radius 1 is 1.14 bits per heavy atom. The highest BCUT2D eigenvalue weighted by molar-refractivity contribution is 5.18. The lowest BCUT2D eigenvalue weighted by atomic mass is 9.82. The monoisotopic (exact) mass is 295 g/mol. The van der Waals surface area contributed by atoms with Crippen LogP contribution in [0.5, 0.6) is 0 Å². The number of ether oxygens (including phenoxy) is 1. The fraction of sp³-hybridized carbons (Fsp3) is 0.667. The van der Waals surface area contributed by atoms with Crippen molar-refractivity contribution >= 4 is 0 Å². The quantitative estimate of drug-likeness (QED) is 0.776. The summed E-state index contributed by atoms with van der Waals surface area (Å²) in [5.74, 6) is -0.186. The zero-order valence-corrected chi connectivity index (χ0v) is 14.1. The fourth-order valence-corrected chi connectivity index (χ4v) is 2.64. The Morgan fingerprint density at radius 2 is 1.76 bits per heavy atom. The van der Waals surface area contributed by atoms with E-state index in [2.05, 4.69) is 33.0 Å². The van der Waals surface area contributed by atoms with Gasteiger partial charge in [-0.2, -0.15) is 0 Å². The smallest absolute Gasteiger partial charge is 0.123 e. The van der Waals surface area contributed by atoms with Crippen LogP contribution in [0.15, 0.2) is 24.3 Å². The highest BCUT2D eigenvalue weighted by Gasteiger charge is 2.32. The summed E-state index contributed by atoms with van der Waals surface area (Å²) < 4.78 is 19.1. The number of hydrogen-bond donors (Lipinski definition) is 1. The molecule has 2 nitrogen and oxygen atoms in total. The first-order valence-corrected chi connectivity index (χ1v) is 7.97. The van der Waals surface area contributed by atoms with Crippen LogP contribution in [0.1, 0.15) is 46.6 Å². The van der Waals surface area contributed by atoms with E-state index >= 15 is 0 Å². The first-order valence-electron chi connectivity index (χ1n) is 7.97. The summed E-state index contributed by atoms with van der Waals surface area (Å²) in [5, 5.41) is 3.61. The van der Waals surface area contributed by atoms with Gasteiger partial charge in [-0.25, -0.2) is 4.39 Å². The van der Waals surface area contributed by atoms with E-state index in [-0.39, 0.29) is 23.4 Å². The van der Waals surface area contributed by atoms with Crippen molar-refractivity contribution in [3.05, 3.63) is 35.6 Å². The second-order valence-electron chi connectivity index (χ2n) is 6.63. The fourth-order valence-electron chi connectivity index (χ4n) is 2.64. The first kappa shape index (κ1) is 18.1. The van der Waals surface area contributed by atoms with Gasteiger partial charge < -0.3 is 10.1 Å². The van der Waals surface area contributed by atoms with Crippen molar-refractivity contribution in [2.75, 3.05) is 13.2 Å². The van der Waals surface area contributed by atoms with Gasteiger partial charge >= 0.3 is 0 Å². The molecule has 1 aromatic rings. The summed E-state index contributed by atoms with van der Waals surface area (Å²) in [5.41, 5.74) is 1.19. The third-order valence-electron chi connectivity index (χ3n) is 3.59. The van der Waals surface area contributed by atoms with E-state index in [9.17, 15) is 4.39 Å². The molecule has 0 aliphatic heterocycles. The molecule has 120 valence electrons. The van der Waals surface area contributed by atoms with Gasteiger partial charge in [-0.1, -0.05) is 39.8 Å². The number of benzene rings is 1. The zero-order chi connectivity index (χ0) is 15.9. The molecule has 0 saturated heterocycles. The minimum atomic E-state index is -0.186. The predicted molar refractivity (Wildman–Crippen MR) is 87.1 cm³/mol. The molecule has 0 aliphatic rings. The Morgan fingerprint density at radius 3 is 2.24 bits per heavy atom. The van der Waals surface area contributed by atoms with Gasteiger partial charge in [-0.05, 0) is 49.4 Å². The summed E-state index contributed by atoms with van der Waals surface area (Å²) in [6, 6.07) is 7.01. The molecular weight excluding hydrogens is 265 g/mol. The third-order valence-corrected chi connectivity index (χ3v) is 3.59. The van der Waals surface area contributed by atoms with Gasteiger partial charge in [0.15, 0.2) is 0 Å². The van der Waals surface area contributed by atoms with E-state index in [0.29, 0.717) is 6.61 Å². The number of hydrogen-bond acceptors (Lipinski definition) is 2. The van der Waals surface area contributed by atoms with Gasteiger partial charge in [0.2, 0.25) is 0 Å². The molecule has 1 rings (SSSR count). The molecule has 0 spiro atoms. The Labute approximate surface area is 129 Å². The summed E-state index contributed by atoms with van der Waals surface area (Å²) in [7, 11) is 0. The van der Waals surface area contributed by atoms with Crippen molar-refractivity contribution in [1.82, 2.24) is 5.32 Å². The van der Waals surface area contributed by atoms with Crippen LogP contribution in [-0.2, 0) is 11.2 Å². The topological polar surface area (TPSA) is 21.3 Å². The van der Waals surface area contributed by atoms with Gasteiger partial charge in [0.25, 0.3) is 0 Å². The van der Waals surface area contributed by atoms with Gasteiger partial charge in [0.05, 0.1) is 6.10 Å². The van der Waals surface area contributed by atoms with Crippen LogP contribution in [0.3, 0.4) is 0 Å². The van der Waals surface area contributed by atoms with Crippen LogP contribution < -0.4 is 5.32 Å². The van der Waals surface area contributed by atoms with E-state index in [1.54, 1.807) is 0 Å². The van der Waals surface area contributed by atoms with Gasteiger partial charge in [-0.15, -0.1) is 0 Å². The van der Waals surface area contributed by atoms with Crippen molar-refractivity contribution in [3.63, 3.8) is 0 Å². The lowest BCUT2D eigenvalue weighted by Gasteiger charge is -2.37. The summed E-state index contributed by atoms with van der Waals surface area (Å²) in [6.07, 6.45) is 2.06. The molecule has 0 saturated carbocycles. The average Bonchev–Trinajstić information content (AvgIpc) is 2.42. The van der Waals surface area contributed by atoms with Gasteiger partial charge in [0.1, 0.15) is 5.82 Å². The SMILES string of the molecule is CCCNC(Cc1ccc(F)cc1)C(OCC)C(C)(C)C. The van der Waals surface area contributed by atoms with E-state index in [4.69, 9.17) is 4.74 Å². The van der Waals surface area contributed by atoms with Crippen molar-refractivity contribution in [3.8, 4) is 0 Å². The molecule has 0 radical (unpaired) electrons. The second kappa shape index (κ2) is 8.50. The number of rotatable bonds is 8. The van der Waals surface area contributed by atoms with E-state index in [0.717, 1.165) is 24.9 Å². The minimum Gasteiger partial charge on any atom is -0.376 e. The maximum absolute atomic E-state index is 13.1. The van der Waals surface area contributed by atoms with Gasteiger partial charge in [0, 0.05) is 12.6 Å². The summed E-state index contributed by atoms with van der Waals surface area (Å²) in [4.78, 5) is 0. The molecule has 0 fully saturated rings. The molecule has 3 heteroatoms. The molecule has 21 heavy (non-hydrogen) atoms. The number of nitrogens with one attached hydrogen (secondary N) is 1. The normalized spacial score (nSPS) is 15.0. The van der Waals surface area contributed by atoms with Crippen LogP contribution in [0, 0.1) is 11.2 Å². The van der Waals surface area contributed by atoms with Crippen LogP contribution in [0.4, 0.5) is 4.39 Å². The Hall–Kier alpha value is -0.930. The second-order valence-corrected chi connectivity index (χ2v) is 6.63. The highest BCUT2D eigenvalue weighted by Crippen LogP contribution is 2.27. The van der Waals surface area contributed by atoms with E-state index in [1.165, 1.54) is 12.1 Å². The van der Waals surface area contributed by atoms with E-state index < -0.39 is 0 Å². The van der Waals surface area contributed by atoms with Crippen molar-refractivity contribution in [2.45, 2.75) is 59.6 Å². The van der Waals surface area contributed by atoms with Crippen LogP contribution >= 0.6 is 0 Å². The number of halogens is 1. The molecule has 1 N–H and O–H groups in total. The molecule has 2 atom stereocenters. The third kappa shape index (κ3) is 6.15. The molecular formula is C18H30FNO. The Kier molecular flexibility index (Phi) is 7.33. The molecule has 2 unspecified atom stereocenters. The molecule has 0 aromatic heterocycles. The first-order chi connectivity index (χ1) is 9.88. The maximum atomic E-state index is 13.1. The summed E-state index contributed by atoms with van der Waals surface area (Å²) in [6.45, 7) is 12.5. The lowest BCUT2D eigenvalue weighted by Crippen LogP contribution is -2.49. The van der Waals surface area contributed by atoms with Crippen LogP contribution in [0.25, 0.3) is 0 Å². The molecule has 0 heterocycles. The van der Waals surface area contributed by atoms with Crippen LogP contribution in [-0.4, -0.2) is 25.3 Å². The van der Waals surface area contributed by atoms with E-state index in [1.807, 2.05) is 19.1 Å². The standard InChI is InChI=1S/C18H30FNO/c1-6-12-20-16(17(21-7-2)18(3,4)5)13-14-8-10-15(19)11-9-14/h8-11,16-17,20H,6-7,12-13H2,1-5H3. The minimum absolute atomic E-state index is 0.0570. The Bertz CT molecular complexity index is 397. The maximum Gasteiger partial charge on any atom is 0.123 e. The van der Waals surface area contributed by atoms with Crippen LogP contribution in [0.2, 0.25) is 0 Å². The van der Waals surface area contributed by atoms with Gasteiger partial charge in [-0.3, -0.25) is 0 Å². The Balaban J connectivity index is 2.88. The molecule has 0 amide bonds. The summed E-state index contributed by atoms with van der Waals surface area (Å²) >= 11 is 0.